The average Bonchev–Trinajstić information content (AvgIpc) is 2.81. The maximum atomic E-state index is 12.3. The number of halogens is 1. The highest BCUT2D eigenvalue weighted by Gasteiger charge is 2.37. The molecular weight excluding hydrogens is 288 g/mol. The number of aliphatic hydroxyl groups excluding tert-OH is 1. The van der Waals surface area contributed by atoms with Crippen LogP contribution in [0.25, 0.3) is 0 Å². The van der Waals surface area contributed by atoms with Gasteiger partial charge in [-0.3, -0.25) is 0 Å². The number of hydrogen-bond donors (Lipinski definition) is 3. The summed E-state index contributed by atoms with van der Waals surface area (Å²) in [5, 5.41) is 9.77. The number of sulfonamides is 1. The van der Waals surface area contributed by atoms with Gasteiger partial charge >= 0.3 is 0 Å². The van der Waals surface area contributed by atoms with E-state index in [1.807, 2.05) is 0 Å². The highest BCUT2D eigenvalue weighted by Crippen LogP contribution is 2.31. The number of aliphatic hydroxyl groups is 1. The van der Waals surface area contributed by atoms with Gasteiger partial charge in [-0.25, -0.2) is 13.1 Å². The highest BCUT2D eigenvalue weighted by atomic mass is 35.5. The van der Waals surface area contributed by atoms with E-state index in [1.165, 1.54) is 18.2 Å². The van der Waals surface area contributed by atoms with Gasteiger partial charge in [0.15, 0.2) is 0 Å². The molecule has 4 N–H and O–H groups in total. The predicted octanol–water partition coefficient (Wildman–Crippen LogP) is 1.51. The first-order valence-corrected chi connectivity index (χ1v) is 7.95. The van der Waals surface area contributed by atoms with E-state index >= 15 is 0 Å². The van der Waals surface area contributed by atoms with Crippen molar-refractivity contribution in [1.29, 1.82) is 0 Å². The second-order valence-electron chi connectivity index (χ2n) is 4.93. The molecule has 1 aromatic carbocycles. The Balaban J connectivity index is 2.29. The number of hydrogen-bond acceptors (Lipinski definition) is 4. The fourth-order valence-corrected chi connectivity index (χ4v) is 3.98. The zero-order valence-electron chi connectivity index (χ0n) is 10.4. The van der Waals surface area contributed by atoms with Gasteiger partial charge in [0.25, 0.3) is 0 Å². The lowest BCUT2D eigenvalue weighted by atomic mass is 10.0. The number of rotatable bonds is 4. The van der Waals surface area contributed by atoms with Gasteiger partial charge in [0.1, 0.15) is 0 Å². The van der Waals surface area contributed by atoms with Gasteiger partial charge in [0.2, 0.25) is 10.0 Å². The summed E-state index contributed by atoms with van der Waals surface area (Å²) in [5.41, 5.74) is 5.09. The summed E-state index contributed by atoms with van der Waals surface area (Å²) in [7, 11) is -3.70. The Kier molecular flexibility index (Phi) is 4.06. The van der Waals surface area contributed by atoms with Gasteiger partial charge in [0, 0.05) is 0 Å². The van der Waals surface area contributed by atoms with Crippen molar-refractivity contribution in [3.63, 3.8) is 0 Å². The van der Waals surface area contributed by atoms with E-state index in [9.17, 15) is 13.5 Å². The molecule has 1 saturated carbocycles. The van der Waals surface area contributed by atoms with Gasteiger partial charge in [-0.2, -0.15) is 0 Å². The molecule has 1 fully saturated rings. The average molecular weight is 305 g/mol. The van der Waals surface area contributed by atoms with Crippen molar-refractivity contribution in [1.82, 2.24) is 4.72 Å². The smallest absolute Gasteiger partial charge is 0.241 e. The summed E-state index contributed by atoms with van der Waals surface area (Å²) >= 11 is 5.78. The monoisotopic (exact) mass is 304 g/mol. The summed E-state index contributed by atoms with van der Waals surface area (Å²) in [6, 6.07) is 4.18. The van der Waals surface area contributed by atoms with Crippen LogP contribution in [0, 0.1) is 0 Å². The van der Waals surface area contributed by atoms with E-state index in [0.717, 1.165) is 12.8 Å². The number of benzene rings is 1. The quantitative estimate of drug-likeness (QED) is 0.735. The molecule has 0 saturated heterocycles. The van der Waals surface area contributed by atoms with E-state index in [-0.39, 0.29) is 17.2 Å². The summed E-state index contributed by atoms with van der Waals surface area (Å²) in [6.45, 7) is -0.199. The van der Waals surface area contributed by atoms with Crippen molar-refractivity contribution in [2.75, 3.05) is 12.3 Å². The molecule has 0 bridgehead atoms. The Bertz CT molecular complexity index is 568. The molecule has 0 heterocycles. The van der Waals surface area contributed by atoms with Gasteiger partial charge in [-0.15, -0.1) is 0 Å². The Morgan fingerprint density at radius 2 is 2.00 bits per heavy atom. The minimum absolute atomic E-state index is 0.0640. The molecule has 0 atom stereocenters. The van der Waals surface area contributed by atoms with Crippen molar-refractivity contribution in [2.45, 2.75) is 36.1 Å². The van der Waals surface area contributed by atoms with Gasteiger partial charge in [0.05, 0.1) is 27.8 Å². The molecule has 0 amide bonds. The maximum Gasteiger partial charge on any atom is 0.241 e. The van der Waals surface area contributed by atoms with Crippen LogP contribution in [0.5, 0.6) is 0 Å². The number of nitrogens with two attached hydrogens (primary N) is 1. The molecule has 106 valence electrons. The minimum atomic E-state index is -3.70. The molecule has 2 rings (SSSR count). The first-order chi connectivity index (χ1) is 8.88. The zero-order valence-corrected chi connectivity index (χ0v) is 12.0. The number of anilines is 1. The molecule has 1 aliphatic carbocycles. The third-order valence-corrected chi connectivity index (χ3v) is 5.41. The normalized spacial score (nSPS) is 18.6. The molecule has 19 heavy (non-hydrogen) atoms. The van der Waals surface area contributed by atoms with Crippen LogP contribution in [-0.2, 0) is 10.0 Å². The Morgan fingerprint density at radius 1 is 1.37 bits per heavy atom. The molecule has 0 unspecified atom stereocenters. The van der Waals surface area contributed by atoms with E-state index in [1.54, 1.807) is 0 Å². The van der Waals surface area contributed by atoms with E-state index < -0.39 is 15.6 Å². The van der Waals surface area contributed by atoms with Crippen LogP contribution < -0.4 is 10.5 Å². The first-order valence-electron chi connectivity index (χ1n) is 6.08. The van der Waals surface area contributed by atoms with Crippen LogP contribution in [0.4, 0.5) is 5.69 Å². The van der Waals surface area contributed by atoms with Gasteiger partial charge < -0.3 is 10.8 Å². The van der Waals surface area contributed by atoms with Crippen LogP contribution in [0.3, 0.4) is 0 Å². The lowest BCUT2D eigenvalue weighted by Crippen LogP contribution is -2.49. The predicted molar refractivity (Wildman–Crippen MR) is 74.5 cm³/mol. The van der Waals surface area contributed by atoms with Gasteiger partial charge in [-0.1, -0.05) is 24.4 Å². The molecular formula is C12H17ClN2O3S. The largest absolute Gasteiger partial charge is 0.397 e. The summed E-state index contributed by atoms with van der Waals surface area (Å²) in [4.78, 5) is 0.0640. The maximum absolute atomic E-state index is 12.3. The van der Waals surface area contributed by atoms with E-state index in [2.05, 4.69) is 4.72 Å². The summed E-state index contributed by atoms with van der Waals surface area (Å²) < 4.78 is 27.2. The molecule has 1 aromatic rings. The summed E-state index contributed by atoms with van der Waals surface area (Å²) in [6.07, 6.45) is 3.11. The fraction of sp³-hybridized carbons (Fsp3) is 0.500. The highest BCUT2D eigenvalue weighted by molar-refractivity contribution is 7.89. The van der Waals surface area contributed by atoms with Crippen LogP contribution in [0.1, 0.15) is 25.7 Å². The summed E-state index contributed by atoms with van der Waals surface area (Å²) in [5.74, 6) is 0. The Labute approximate surface area is 117 Å². The fourth-order valence-electron chi connectivity index (χ4n) is 2.38. The zero-order chi connectivity index (χ0) is 14.1. The molecule has 7 heteroatoms. The molecule has 0 aliphatic heterocycles. The Hall–Kier alpha value is -0.820. The third kappa shape index (κ3) is 3.02. The topological polar surface area (TPSA) is 92.4 Å². The van der Waals surface area contributed by atoms with E-state index in [4.69, 9.17) is 17.3 Å². The molecule has 5 nitrogen and oxygen atoms in total. The lowest BCUT2D eigenvalue weighted by molar-refractivity contribution is 0.185. The van der Waals surface area contributed by atoms with Crippen molar-refractivity contribution in [3.05, 3.63) is 23.2 Å². The first kappa shape index (κ1) is 14.6. The van der Waals surface area contributed by atoms with Crippen LogP contribution >= 0.6 is 11.6 Å². The second kappa shape index (κ2) is 5.28. The molecule has 0 radical (unpaired) electrons. The van der Waals surface area contributed by atoms with Crippen molar-refractivity contribution >= 4 is 27.3 Å². The molecule has 0 aromatic heterocycles. The van der Waals surface area contributed by atoms with Crippen molar-refractivity contribution in [2.24, 2.45) is 0 Å². The van der Waals surface area contributed by atoms with Gasteiger partial charge in [-0.05, 0) is 31.0 Å². The number of nitrogens with one attached hydrogen (secondary N) is 1. The van der Waals surface area contributed by atoms with Crippen LogP contribution in [-0.4, -0.2) is 25.7 Å². The SMILES string of the molecule is Nc1cc(S(=O)(=O)NC2(CO)CCCC2)ccc1Cl. The van der Waals surface area contributed by atoms with Crippen LogP contribution in [0.15, 0.2) is 23.1 Å². The van der Waals surface area contributed by atoms with Crippen molar-refractivity contribution < 1.29 is 13.5 Å². The van der Waals surface area contributed by atoms with Crippen molar-refractivity contribution in [3.8, 4) is 0 Å². The Morgan fingerprint density at radius 3 is 2.53 bits per heavy atom. The second-order valence-corrected chi connectivity index (χ2v) is 7.02. The lowest BCUT2D eigenvalue weighted by Gasteiger charge is -2.27. The molecule has 0 spiro atoms. The standard InChI is InChI=1S/C12H17ClN2O3S/c13-10-4-3-9(7-11(10)14)19(17,18)15-12(8-16)5-1-2-6-12/h3-4,7,15-16H,1-2,5-6,8,14H2. The van der Waals surface area contributed by atoms with E-state index in [0.29, 0.717) is 17.9 Å². The third-order valence-electron chi connectivity index (χ3n) is 3.49. The van der Waals surface area contributed by atoms with Crippen LogP contribution in [0.2, 0.25) is 5.02 Å². The molecule has 1 aliphatic rings. The number of nitrogen functional groups attached to an aromatic ring is 1. The minimum Gasteiger partial charge on any atom is -0.397 e.